The van der Waals surface area contributed by atoms with Crippen LogP contribution in [0.25, 0.3) is 0 Å². The molecular formula is C24H29F3O4S2. The molecule has 0 aliphatic carbocycles. The largest absolute Gasteiger partial charge is 0.493 e. The number of rotatable bonds is 12. The SMILES string of the molecule is CCCOc1ccc(SCC(CCc2ccc(C(F)(F)F)cc2)OCSC)cc1C.O=C=O. The van der Waals surface area contributed by atoms with Crippen LogP contribution in [0.5, 0.6) is 5.75 Å². The third-order valence-electron chi connectivity index (χ3n) is 4.50. The van der Waals surface area contributed by atoms with Crippen LogP contribution in [0.15, 0.2) is 47.4 Å². The number of halogens is 3. The normalized spacial score (nSPS) is 11.8. The van der Waals surface area contributed by atoms with Gasteiger partial charge in [0.2, 0.25) is 0 Å². The van der Waals surface area contributed by atoms with E-state index in [0.717, 1.165) is 52.5 Å². The van der Waals surface area contributed by atoms with Crippen molar-refractivity contribution in [1.29, 1.82) is 0 Å². The lowest BCUT2D eigenvalue weighted by Gasteiger charge is -2.18. The average molecular weight is 503 g/mol. The van der Waals surface area contributed by atoms with Crippen molar-refractivity contribution in [3.05, 3.63) is 59.2 Å². The van der Waals surface area contributed by atoms with E-state index in [-0.39, 0.29) is 12.3 Å². The van der Waals surface area contributed by atoms with Gasteiger partial charge in [0.25, 0.3) is 0 Å². The standard InChI is InChI=1S/C23H29F3O2S2.CO2/c1-4-13-27-22-12-11-21(14-17(22)2)30-15-20(28-16-29-3)10-7-18-5-8-19(9-6-18)23(24,25)26;2-1-3/h5-6,8-9,11-12,14,20H,4,7,10,13,15-16H2,1-3H3;. The Morgan fingerprint density at radius 3 is 2.30 bits per heavy atom. The van der Waals surface area contributed by atoms with Crippen LogP contribution in [0.4, 0.5) is 13.2 Å². The second-order valence-electron chi connectivity index (χ2n) is 7.10. The summed E-state index contributed by atoms with van der Waals surface area (Å²) in [6.07, 6.45) is 0.382. The molecule has 0 aliphatic heterocycles. The molecule has 33 heavy (non-hydrogen) atoms. The summed E-state index contributed by atoms with van der Waals surface area (Å²) in [7, 11) is 0. The molecular weight excluding hydrogens is 473 g/mol. The van der Waals surface area contributed by atoms with E-state index in [1.807, 2.05) is 19.2 Å². The van der Waals surface area contributed by atoms with Gasteiger partial charge in [0, 0.05) is 10.6 Å². The summed E-state index contributed by atoms with van der Waals surface area (Å²) in [5, 5.41) is 0. The molecule has 0 spiro atoms. The maximum atomic E-state index is 12.7. The van der Waals surface area contributed by atoms with Gasteiger partial charge in [-0.05, 0) is 73.9 Å². The monoisotopic (exact) mass is 502 g/mol. The average Bonchev–Trinajstić information content (AvgIpc) is 2.78. The van der Waals surface area contributed by atoms with Crippen LogP contribution in [-0.2, 0) is 26.9 Å². The number of carbonyl (C=O) groups excluding carboxylic acids is 2. The smallest absolute Gasteiger partial charge is 0.416 e. The maximum absolute atomic E-state index is 12.7. The fourth-order valence-electron chi connectivity index (χ4n) is 2.84. The summed E-state index contributed by atoms with van der Waals surface area (Å²) < 4.78 is 49.8. The lowest BCUT2D eigenvalue weighted by atomic mass is 10.1. The number of ether oxygens (including phenoxy) is 2. The Kier molecular flexibility index (Phi) is 14.0. The molecule has 2 aromatic carbocycles. The van der Waals surface area contributed by atoms with Crippen LogP contribution in [-0.4, -0.2) is 36.8 Å². The van der Waals surface area contributed by atoms with E-state index < -0.39 is 11.7 Å². The highest BCUT2D eigenvalue weighted by Crippen LogP contribution is 2.30. The minimum absolute atomic E-state index is 0.0288. The topological polar surface area (TPSA) is 52.6 Å². The Morgan fingerprint density at radius 2 is 1.76 bits per heavy atom. The Bertz CT molecular complexity index is 852. The van der Waals surface area contributed by atoms with E-state index in [1.54, 1.807) is 35.7 Å². The molecule has 0 heterocycles. The van der Waals surface area contributed by atoms with Crippen LogP contribution in [0, 0.1) is 6.92 Å². The van der Waals surface area contributed by atoms with E-state index in [0.29, 0.717) is 19.0 Å². The van der Waals surface area contributed by atoms with Gasteiger partial charge in [-0.15, -0.1) is 23.5 Å². The molecule has 0 fully saturated rings. The molecule has 9 heteroatoms. The van der Waals surface area contributed by atoms with Crippen molar-refractivity contribution in [3.63, 3.8) is 0 Å². The minimum atomic E-state index is -4.30. The van der Waals surface area contributed by atoms with Crippen LogP contribution in [0.3, 0.4) is 0 Å². The molecule has 0 amide bonds. The van der Waals surface area contributed by atoms with E-state index >= 15 is 0 Å². The molecule has 1 atom stereocenters. The Hall–Kier alpha value is -1.93. The summed E-state index contributed by atoms with van der Waals surface area (Å²) in [4.78, 5) is 17.4. The summed E-state index contributed by atoms with van der Waals surface area (Å²) in [5.41, 5.74) is 1.39. The third kappa shape index (κ3) is 11.7. The number of alkyl halides is 3. The van der Waals surface area contributed by atoms with Gasteiger partial charge in [0.1, 0.15) is 5.75 Å². The van der Waals surface area contributed by atoms with Gasteiger partial charge in [-0.25, -0.2) is 0 Å². The van der Waals surface area contributed by atoms with Crippen molar-refractivity contribution in [1.82, 2.24) is 0 Å². The maximum Gasteiger partial charge on any atom is 0.416 e. The highest BCUT2D eigenvalue weighted by Gasteiger charge is 2.29. The second-order valence-corrected chi connectivity index (χ2v) is 9.01. The number of aryl methyl sites for hydroxylation is 2. The van der Waals surface area contributed by atoms with Crippen molar-refractivity contribution in [2.24, 2.45) is 0 Å². The fourth-order valence-corrected chi connectivity index (χ4v) is 4.24. The number of benzene rings is 2. The quantitative estimate of drug-likeness (QED) is 0.239. The highest BCUT2D eigenvalue weighted by molar-refractivity contribution is 7.99. The number of thioether (sulfide) groups is 2. The van der Waals surface area contributed by atoms with Gasteiger partial charge >= 0.3 is 12.3 Å². The summed E-state index contributed by atoms with van der Waals surface area (Å²) in [6.45, 7) is 4.84. The van der Waals surface area contributed by atoms with Crippen LogP contribution in [0.2, 0.25) is 0 Å². The molecule has 0 saturated heterocycles. The first-order chi connectivity index (χ1) is 15.7. The molecule has 1 unspecified atom stereocenters. The molecule has 182 valence electrons. The first-order valence-corrected chi connectivity index (χ1v) is 12.7. The predicted molar refractivity (Wildman–Crippen MR) is 126 cm³/mol. The van der Waals surface area contributed by atoms with Gasteiger partial charge in [-0.2, -0.15) is 22.8 Å². The van der Waals surface area contributed by atoms with Gasteiger partial charge in [0.15, 0.2) is 0 Å². The van der Waals surface area contributed by atoms with E-state index in [1.165, 1.54) is 0 Å². The molecule has 0 bridgehead atoms. The Balaban J connectivity index is 0.00000172. The van der Waals surface area contributed by atoms with Crippen LogP contribution < -0.4 is 4.74 Å². The van der Waals surface area contributed by atoms with E-state index in [9.17, 15) is 13.2 Å². The van der Waals surface area contributed by atoms with E-state index in [2.05, 4.69) is 19.1 Å². The number of hydrogen-bond acceptors (Lipinski definition) is 6. The summed E-state index contributed by atoms with van der Waals surface area (Å²) in [6, 6.07) is 11.6. The first-order valence-electron chi connectivity index (χ1n) is 10.4. The van der Waals surface area contributed by atoms with Crippen LogP contribution >= 0.6 is 23.5 Å². The molecule has 2 rings (SSSR count). The van der Waals surface area contributed by atoms with Gasteiger partial charge < -0.3 is 9.47 Å². The number of hydrogen-bond donors (Lipinski definition) is 0. The van der Waals surface area contributed by atoms with Crippen molar-refractivity contribution in [3.8, 4) is 5.75 Å². The molecule has 0 aliphatic rings. The van der Waals surface area contributed by atoms with E-state index in [4.69, 9.17) is 19.1 Å². The minimum Gasteiger partial charge on any atom is -0.493 e. The summed E-state index contributed by atoms with van der Waals surface area (Å²) >= 11 is 3.34. The lowest BCUT2D eigenvalue weighted by molar-refractivity contribution is -0.191. The molecule has 2 aromatic rings. The van der Waals surface area contributed by atoms with Crippen LogP contribution in [0.1, 0.15) is 36.5 Å². The fraction of sp³-hybridized carbons (Fsp3) is 0.458. The first kappa shape index (κ1) is 29.1. The Labute approximate surface area is 201 Å². The molecule has 0 saturated carbocycles. The predicted octanol–water partition coefficient (Wildman–Crippen LogP) is 6.65. The van der Waals surface area contributed by atoms with Crippen molar-refractivity contribution in [2.75, 3.05) is 24.6 Å². The molecule has 0 aromatic heterocycles. The molecule has 0 N–H and O–H groups in total. The second kappa shape index (κ2) is 15.8. The molecule has 0 radical (unpaired) electrons. The van der Waals surface area contributed by atoms with Gasteiger partial charge in [-0.3, -0.25) is 0 Å². The Morgan fingerprint density at radius 1 is 1.09 bits per heavy atom. The lowest BCUT2D eigenvalue weighted by Crippen LogP contribution is -2.17. The molecule has 4 nitrogen and oxygen atoms in total. The van der Waals surface area contributed by atoms with Gasteiger partial charge in [0.05, 0.1) is 24.2 Å². The zero-order chi connectivity index (χ0) is 24.7. The zero-order valence-electron chi connectivity index (χ0n) is 18.9. The van der Waals surface area contributed by atoms with Crippen molar-refractivity contribution < 1.29 is 32.2 Å². The van der Waals surface area contributed by atoms with Gasteiger partial charge in [-0.1, -0.05) is 19.1 Å². The summed E-state index contributed by atoms with van der Waals surface area (Å²) in [5.74, 6) is 2.30. The van der Waals surface area contributed by atoms with Crippen molar-refractivity contribution >= 4 is 29.7 Å². The third-order valence-corrected chi connectivity index (χ3v) is 6.00. The highest BCUT2D eigenvalue weighted by atomic mass is 32.2. The van der Waals surface area contributed by atoms with Crippen molar-refractivity contribution in [2.45, 2.75) is 50.3 Å². The zero-order valence-corrected chi connectivity index (χ0v) is 20.6.